The summed E-state index contributed by atoms with van der Waals surface area (Å²) in [6, 6.07) is 7.14. The largest absolute Gasteiger partial charge is 0.353 e. The van der Waals surface area contributed by atoms with E-state index in [0.29, 0.717) is 23.1 Å². The minimum absolute atomic E-state index is 0.102. The highest BCUT2D eigenvalue weighted by Crippen LogP contribution is 2.44. The Morgan fingerprint density at radius 1 is 1.17 bits per heavy atom. The molecule has 124 valence electrons. The average Bonchev–Trinajstić information content (AvgIpc) is 2.86. The van der Waals surface area contributed by atoms with Crippen LogP contribution in [0.5, 0.6) is 0 Å². The quantitative estimate of drug-likeness (QED) is 0.815. The van der Waals surface area contributed by atoms with E-state index >= 15 is 0 Å². The number of aromatic nitrogens is 2. The zero-order valence-electron chi connectivity index (χ0n) is 13.4. The normalized spacial score (nSPS) is 22.1. The van der Waals surface area contributed by atoms with Crippen molar-refractivity contribution in [2.45, 2.75) is 32.7 Å². The highest BCUT2D eigenvalue weighted by Gasteiger charge is 2.39. The fourth-order valence-corrected chi connectivity index (χ4v) is 3.53. The second kappa shape index (κ2) is 5.34. The number of allylic oxidation sites excluding steroid dienone is 1. The molecule has 2 N–H and O–H groups in total. The van der Waals surface area contributed by atoms with Gasteiger partial charge in [-0.15, -0.1) is 0 Å². The Labute approximate surface area is 144 Å². The fourth-order valence-electron chi connectivity index (χ4n) is 3.40. The number of carbonyl (C=O) groups is 1. The second-order valence-electron chi connectivity index (χ2n) is 7.05. The van der Waals surface area contributed by atoms with Crippen LogP contribution in [0.15, 0.2) is 40.2 Å². The van der Waals surface area contributed by atoms with Crippen LogP contribution >= 0.6 is 11.6 Å². The van der Waals surface area contributed by atoms with Crippen LogP contribution in [0.3, 0.4) is 0 Å². The Balaban J connectivity index is 1.86. The van der Waals surface area contributed by atoms with Crippen molar-refractivity contribution in [3.8, 4) is 0 Å². The predicted octanol–water partition coefficient (Wildman–Crippen LogP) is 3.94. The van der Waals surface area contributed by atoms with E-state index in [2.05, 4.69) is 34.8 Å². The molecule has 2 aliphatic rings. The molecule has 1 aromatic heterocycles. The van der Waals surface area contributed by atoms with Crippen molar-refractivity contribution in [2.75, 3.05) is 10.6 Å². The second-order valence-corrected chi connectivity index (χ2v) is 7.48. The first-order valence-electron chi connectivity index (χ1n) is 7.81. The molecule has 1 aliphatic carbocycles. The Bertz CT molecular complexity index is 839. The van der Waals surface area contributed by atoms with Crippen LogP contribution in [-0.4, -0.2) is 16.1 Å². The minimum Gasteiger partial charge on any atom is -0.353 e. The molecule has 2 aromatic rings. The summed E-state index contributed by atoms with van der Waals surface area (Å²) < 4.78 is 4.83. The summed E-state index contributed by atoms with van der Waals surface area (Å²) in [5, 5.41) is 15.0. The van der Waals surface area contributed by atoms with Crippen molar-refractivity contribution in [3.05, 3.63) is 46.1 Å². The first-order chi connectivity index (χ1) is 11.4. The van der Waals surface area contributed by atoms with Gasteiger partial charge in [-0.1, -0.05) is 37.6 Å². The van der Waals surface area contributed by atoms with Crippen LogP contribution in [0.1, 0.15) is 38.3 Å². The topological polar surface area (TPSA) is 80.1 Å². The third kappa shape index (κ3) is 2.57. The molecule has 0 amide bonds. The molecule has 0 spiro atoms. The van der Waals surface area contributed by atoms with Crippen LogP contribution < -0.4 is 10.6 Å². The van der Waals surface area contributed by atoms with Gasteiger partial charge < -0.3 is 10.6 Å². The number of fused-ring (bicyclic) bond motifs is 1. The number of anilines is 2. The van der Waals surface area contributed by atoms with Crippen molar-refractivity contribution in [3.63, 3.8) is 0 Å². The van der Waals surface area contributed by atoms with E-state index in [1.54, 1.807) is 0 Å². The molecular weight excluding hydrogens is 328 g/mol. The molecule has 0 fully saturated rings. The number of carbonyl (C=O) groups excluding carboxylic acids is 1. The summed E-state index contributed by atoms with van der Waals surface area (Å²) in [6.45, 7) is 4.18. The Hall–Kier alpha value is -2.34. The number of nitrogens with one attached hydrogen (secondary N) is 2. The maximum absolute atomic E-state index is 12.9. The lowest BCUT2D eigenvalue weighted by molar-refractivity contribution is -0.118. The molecule has 0 saturated carbocycles. The Kier molecular flexibility index (Phi) is 3.38. The number of rotatable bonds is 1. The molecule has 0 bridgehead atoms. The van der Waals surface area contributed by atoms with E-state index in [9.17, 15) is 4.79 Å². The van der Waals surface area contributed by atoms with Gasteiger partial charge in [0.15, 0.2) is 5.78 Å². The number of benzene rings is 1. The van der Waals surface area contributed by atoms with Crippen LogP contribution in [-0.2, 0) is 4.79 Å². The maximum atomic E-state index is 12.9. The van der Waals surface area contributed by atoms with E-state index in [1.807, 2.05) is 24.3 Å². The molecule has 24 heavy (non-hydrogen) atoms. The summed E-state index contributed by atoms with van der Waals surface area (Å²) in [6.07, 6.45) is 1.26. The summed E-state index contributed by atoms with van der Waals surface area (Å²) in [5.41, 5.74) is 2.45. The summed E-state index contributed by atoms with van der Waals surface area (Å²) in [7, 11) is 0. The number of hydrogen-bond acceptors (Lipinski definition) is 6. The Morgan fingerprint density at radius 2 is 1.88 bits per heavy atom. The lowest BCUT2D eigenvalue weighted by Gasteiger charge is -2.34. The van der Waals surface area contributed by atoms with Crippen LogP contribution in [0.4, 0.5) is 11.6 Å². The first kappa shape index (κ1) is 15.2. The van der Waals surface area contributed by atoms with Gasteiger partial charge in [-0.05, 0) is 39.8 Å². The standard InChI is InChI=1S/C17H17ClN4O2/c1-17(2)7-11-13(12(23)8-17)14(9-3-5-10(18)6-4-9)20-16-15(19-11)21-24-22-16/h3-6,14H,7-8H2,1-2H3,(H,19,21)(H,20,22)/t14-/m1/s1. The predicted molar refractivity (Wildman–Crippen MR) is 90.8 cm³/mol. The lowest BCUT2D eigenvalue weighted by Crippen LogP contribution is -2.31. The van der Waals surface area contributed by atoms with Gasteiger partial charge in [-0.3, -0.25) is 4.79 Å². The van der Waals surface area contributed by atoms with Crippen LogP contribution in [0, 0.1) is 5.41 Å². The van der Waals surface area contributed by atoms with Gasteiger partial charge in [-0.2, -0.15) is 0 Å². The van der Waals surface area contributed by atoms with E-state index in [0.717, 1.165) is 23.3 Å². The van der Waals surface area contributed by atoms with Crippen molar-refractivity contribution in [1.82, 2.24) is 10.3 Å². The highest BCUT2D eigenvalue weighted by molar-refractivity contribution is 6.30. The highest BCUT2D eigenvalue weighted by atomic mass is 35.5. The van der Waals surface area contributed by atoms with Crippen LogP contribution in [0.25, 0.3) is 0 Å². The number of hydrogen-bond donors (Lipinski definition) is 2. The summed E-state index contributed by atoms with van der Waals surface area (Å²) in [4.78, 5) is 12.9. The van der Waals surface area contributed by atoms with E-state index in [-0.39, 0.29) is 17.2 Å². The number of nitrogens with zero attached hydrogens (tertiary/aromatic N) is 2. The molecule has 1 aliphatic heterocycles. The smallest absolute Gasteiger partial charge is 0.219 e. The molecule has 4 rings (SSSR count). The van der Waals surface area contributed by atoms with Crippen molar-refractivity contribution in [1.29, 1.82) is 0 Å². The summed E-state index contributed by atoms with van der Waals surface area (Å²) in [5.74, 6) is 1.13. The molecule has 7 heteroatoms. The van der Waals surface area contributed by atoms with Gasteiger partial charge in [0.1, 0.15) is 0 Å². The molecular formula is C17H17ClN4O2. The molecule has 6 nitrogen and oxygen atoms in total. The third-order valence-electron chi connectivity index (χ3n) is 4.45. The lowest BCUT2D eigenvalue weighted by atomic mass is 9.73. The van der Waals surface area contributed by atoms with Gasteiger partial charge >= 0.3 is 0 Å². The molecule has 1 atom stereocenters. The van der Waals surface area contributed by atoms with Crippen LogP contribution in [0.2, 0.25) is 5.02 Å². The molecule has 0 unspecified atom stereocenters. The van der Waals surface area contributed by atoms with Gasteiger partial charge in [0.2, 0.25) is 11.6 Å². The zero-order chi connectivity index (χ0) is 16.9. The Morgan fingerprint density at radius 3 is 2.62 bits per heavy atom. The van der Waals surface area contributed by atoms with E-state index < -0.39 is 0 Å². The van der Waals surface area contributed by atoms with Gasteiger partial charge in [-0.25, -0.2) is 4.63 Å². The average molecular weight is 345 g/mol. The monoisotopic (exact) mass is 344 g/mol. The molecule has 0 saturated heterocycles. The number of halogens is 1. The van der Waals surface area contributed by atoms with Gasteiger partial charge in [0.05, 0.1) is 6.04 Å². The molecule has 1 aromatic carbocycles. The van der Waals surface area contributed by atoms with Crippen molar-refractivity contribution < 1.29 is 9.42 Å². The van der Waals surface area contributed by atoms with E-state index in [4.69, 9.17) is 16.2 Å². The van der Waals surface area contributed by atoms with E-state index in [1.165, 1.54) is 0 Å². The minimum atomic E-state index is -0.318. The van der Waals surface area contributed by atoms with Gasteiger partial charge in [0, 0.05) is 22.7 Å². The zero-order valence-corrected chi connectivity index (χ0v) is 14.1. The number of ketones is 1. The third-order valence-corrected chi connectivity index (χ3v) is 4.70. The van der Waals surface area contributed by atoms with Gasteiger partial charge in [0.25, 0.3) is 0 Å². The van der Waals surface area contributed by atoms with Crippen molar-refractivity contribution in [2.24, 2.45) is 5.41 Å². The first-order valence-corrected chi connectivity index (χ1v) is 8.19. The fraction of sp³-hybridized carbons (Fsp3) is 0.353. The molecule has 0 radical (unpaired) electrons. The summed E-state index contributed by atoms with van der Waals surface area (Å²) >= 11 is 6.00. The number of Topliss-reactive ketones (excluding diaryl/α,β-unsaturated/α-hetero) is 1. The molecule has 2 heterocycles. The maximum Gasteiger partial charge on any atom is 0.219 e. The SMILES string of the molecule is CC1(C)CC(=O)C2=C(C1)Nc1nonc1N[C@@H]2c1ccc(Cl)cc1. The van der Waals surface area contributed by atoms with Crippen molar-refractivity contribution >= 4 is 29.0 Å².